The molecule has 1 aromatic carbocycles. The van der Waals surface area contributed by atoms with Crippen LogP contribution in [-0.2, 0) is 0 Å². The van der Waals surface area contributed by atoms with Crippen molar-refractivity contribution in [2.75, 3.05) is 10.7 Å². The third-order valence-corrected chi connectivity index (χ3v) is 2.64. The lowest BCUT2D eigenvalue weighted by Crippen LogP contribution is -2.10. The Morgan fingerprint density at radius 1 is 1.18 bits per heavy atom. The van der Waals surface area contributed by atoms with Crippen molar-refractivity contribution in [3.8, 4) is 12.1 Å². The lowest BCUT2D eigenvalue weighted by molar-refractivity contribution is 0.102. The lowest BCUT2D eigenvalue weighted by Gasteiger charge is -2.05. The molecule has 1 amide bonds. The van der Waals surface area contributed by atoms with Crippen molar-refractivity contribution in [1.29, 1.82) is 10.5 Å². The predicted octanol–water partition coefficient (Wildman–Crippen LogP) is 2.66. The van der Waals surface area contributed by atoms with E-state index in [1.54, 1.807) is 49.4 Å². The van der Waals surface area contributed by atoms with Crippen LogP contribution >= 0.6 is 0 Å². The molecule has 22 heavy (non-hydrogen) atoms. The van der Waals surface area contributed by atoms with E-state index < -0.39 is 0 Å². The molecule has 7 nitrogen and oxygen atoms in total. The van der Waals surface area contributed by atoms with E-state index >= 15 is 0 Å². The first kappa shape index (κ1) is 14.8. The first-order chi connectivity index (χ1) is 10.6. The van der Waals surface area contributed by atoms with Crippen LogP contribution in [0.15, 0.2) is 46.1 Å². The molecular weight excluding hydrogens is 282 g/mol. The van der Waals surface area contributed by atoms with E-state index in [-0.39, 0.29) is 11.6 Å². The van der Waals surface area contributed by atoms with Gasteiger partial charge in [-0.05, 0) is 37.3 Å². The second-order valence-electron chi connectivity index (χ2n) is 4.27. The van der Waals surface area contributed by atoms with E-state index in [2.05, 4.69) is 15.8 Å². The molecular formula is C15H11N5O2. The molecule has 0 fully saturated rings. The van der Waals surface area contributed by atoms with Gasteiger partial charge in [-0.1, -0.05) is 0 Å². The summed E-state index contributed by atoms with van der Waals surface area (Å²) in [7, 11) is 0. The highest BCUT2D eigenvalue weighted by Gasteiger charge is 2.08. The monoisotopic (exact) mass is 293 g/mol. The molecule has 0 saturated carbocycles. The maximum absolute atomic E-state index is 11.9. The fourth-order valence-electron chi connectivity index (χ4n) is 1.59. The van der Waals surface area contributed by atoms with E-state index in [9.17, 15) is 4.79 Å². The number of anilines is 2. The molecule has 7 heteroatoms. The van der Waals surface area contributed by atoms with Gasteiger partial charge in [-0.3, -0.25) is 10.2 Å². The third kappa shape index (κ3) is 3.71. The van der Waals surface area contributed by atoms with E-state index in [0.717, 1.165) is 0 Å². The van der Waals surface area contributed by atoms with E-state index in [4.69, 9.17) is 14.9 Å². The average molecular weight is 293 g/mol. The summed E-state index contributed by atoms with van der Waals surface area (Å²) in [6.07, 6.45) is 1.39. The largest absolute Gasteiger partial charge is 0.469 e. The minimum Gasteiger partial charge on any atom is -0.469 e. The number of nitrogens with zero attached hydrogens (tertiary/aromatic N) is 3. The van der Waals surface area contributed by atoms with Gasteiger partial charge in [0, 0.05) is 5.69 Å². The maximum Gasteiger partial charge on any atom is 0.258 e. The Kier molecular flexibility index (Phi) is 4.53. The van der Waals surface area contributed by atoms with Gasteiger partial charge < -0.3 is 9.73 Å². The first-order valence-electron chi connectivity index (χ1n) is 6.23. The van der Waals surface area contributed by atoms with Gasteiger partial charge in [0.05, 0.1) is 11.3 Å². The Hall–Kier alpha value is -3.58. The SMILES string of the molecule is Cc1cc(C(=O)Nc2ccc(NN=C(C#N)C#N)cc2)co1. The minimum atomic E-state index is -0.271. The summed E-state index contributed by atoms with van der Waals surface area (Å²) in [6, 6.07) is 11.6. The average Bonchev–Trinajstić information content (AvgIpc) is 2.96. The Morgan fingerprint density at radius 3 is 2.36 bits per heavy atom. The molecule has 2 aromatic rings. The second-order valence-corrected chi connectivity index (χ2v) is 4.27. The lowest BCUT2D eigenvalue weighted by atomic mass is 10.2. The van der Waals surface area contributed by atoms with Crippen LogP contribution in [0, 0.1) is 29.6 Å². The molecule has 1 heterocycles. The van der Waals surface area contributed by atoms with Crippen LogP contribution in [0.1, 0.15) is 16.1 Å². The molecule has 0 aliphatic carbocycles. The van der Waals surface area contributed by atoms with Crippen LogP contribution in [0.2, 0.25) is 0 Å². The molecule has 2 rings (SSSR count). The van der Waals surface area contributed by atoms with Crippen molar-refractivity contribution >= 4 is 23.0 Å². The molecule has 0 bridgehead atoms. The van der Waals surface area contributed by atoms with Crippen molar-refractivity contribution in [2.24, 2.45) is 5.10 Å². The number of nitriles is 2. The van der Waals surface area contributed by atoms with Gasteiger partial charge in [-0.25, -0.2) is 0 Å². The van der Waals surface area contributed by atoms with Crippen molar-refractivity contribution in [3.05, 3.63) is 47.9 Å². The Bertz CT molecular complexity index is 775. The Labute approximate surface area is 126 Å². The fourth-order valence-corrected chi connectivity index (χ4v) is 1.59. The number of furan rings is 1. The van der Waals surface area contributed by atoms with E-state index in [1.807, 2.05) is 0 Å². The highest BCUT2D eigenvalue weighted by atomic mass is 16.3. The van der Waals surface area contributed by atoms with Crippen LogP contribution in [0.25, 0.3) is 0 Å². The summed E-state index contributed by atoms with van der Waals surface area (Å²) in [5.74, 6) is 0.389. The Morgan fingerprint density at radius 2 is 1.82 bits per heavy atom. The van der Waals surface area contributed by atoms with Crippen LogP contribution in [0.4, 0.5) is 11.4 Å². The number of carbonyl (C=O) groups excluding carboxylic acids is 1. The number of benzene rings is 1. The summed E-state index contributed by atoms with van der Waals surface area (Å²) in [6.45, 7) is 1.76. The van der Waals surface area contributed by atoms with Crippen LogP contribution < -0.4 is 10.7 Å². The second kappa shape index (κ2) is 6.73. The Balaban J connectivity index is 2.01. The van der Waals surface area contributed by atoms with Crippen molar-refractivity contribution in [2.45, 2.75) is 6.92 Å². The van der Waals surface area contributed by atoms with Crippen LogP contribution in [-0.4, -0.2) is 11.6 Å². The number of nitrogens with one attached hydrogen (secondary N) is 2. The van der Waals surface area contributed by atoms with Gasteiger partial charge in [0.1, 0.15) is 24.2 Å². The van der Waals surface area contributed by atoms with Gasteiger partial charge in [-0.15, -0.1) is 0 Å². The van der Waals surface area contributed by atoms with Gasteiger partial charge in [-0.2, -0.15) is 15.6 Å². The number of rotatable bonds is 4. The third-order valence-electron chi connectivity index (χ3n) is 2.64. The quantitative estimate of drug-likeness (QED) is 0.664. The minimum absolute atomic E-state index is 0.271. The van der Waals surface area contributed by atoms with Crippen molar-refractivity contribution < 1.29 is 9.21 Å². The fraction of sp³-hybridized carbons (Fsp3) is 0.0667. The number of amides is 1. The molecule has 0 spiro atoms. The number of hydrogen-bond acceptors (Lipinski definition) is 6. The molecule has 2 N–H and O–H groups in total. The normalized spacial score (nSPS) is 9.23. The van der Waals surface area contributed by atoms with Crippen molar-refractivity contribution in [1.82, 2.24) is 0 Å². The van der Waals surface area contributed by atoms with E-state index in [1.165, 1.54) is 6.26 Å². The van der Waals surface area contributed by atoms with Crippen molar-refractivity contribution in [3.63, 3.8) is 0 Å². The topological polar surface area (TPSA) is 114 Å². The highest BCUT2D eigenvalue weighted by molar-refractivity contribution is 6.10. The molecule has 0 radical (unpaired) electrons. The molecule has 0 aliphatic heterocycles. The number of hydrazone groups is 1. The van der Waals surface area contributed by atoms with E-state index in [0.29, 0.717) is 22.7 Å². The van der Waals surface area contributed by atoms with Gasteiger partial charge >= 0.3 is 0 Å². The molecule has 0 atom stereocenters. The zero-order chi connectivity index (χ0) is 15.9. The standard InChI is InChI=1S/C15H11N5O2/c1-10-6-11(9-22-10)15(21)18-12-2-4-13(5-3-12)19-20-14(7-16)8-17/h2-6,9,19H,1H3,(H,18,21). The molecule has 0 aliphatic rings. The van der Waals surface area contributed by atoms with Gasteiger partial charge in [0.15, 0.2) is 0 Å². The predicted molar refractivity (Wildman–Crippen MR) is 80.1 cm³/mol. The summed E-state index contributed by atoms with van der Waals surface area (Å²) in [4.78, 5) is 11.9. The molecule has 108 valence electrons. The first-order valence-corrected chi connectivity index (χ1v) is 6.23. The summed E-state index contributed by atoms with van der Waals surface area (Å²) in [5.41, 5.74) is 3.93. The van der Waals surface area contributed by atoms with Crippen LogP contribution in [0.3, 0.4) is 0 Å². The van der Waals surface area contributed by atoms with Gasteiger partial charge in [0.25, 0.3) is 5.91 Å². The number of aryl methyl sites for hydroxylation is 1. The highest BCUT2D eigenvalue weighted by Crippen LogP contribution is 2.15. The molecule has 1 aromatic heterocycles. The number of hydrogen-bond donors (Lipinski definition) is 2. The molecule has 0 unspecified atom stereocenters. The zero-order valence-electron chi connectivity index (χ0n) is 11.6. The number of carbonyl (C=O) groups is 1. The smallest absolute Gasteiger partial charge is 0.258 e. The summed E-state index contributed by atoms with van der Waals surface area (Å²) in [5, 5.41) is 23.5. The van der Waals surface area contributed by atoms with Crippen LogP contribution in [0.5, 0.6) is 0 Å². The van der Waals surface area contributed by atoms with Gasteiger partial charge in [0.2, 0.25) is 5.71 Å². The summed E-state index contributed by atoms with van der Waals surface area (Å²) >= 11 is 0. The summed E-state index contributed by atoms with van der Waals surface area (Å²) < 4.78 is 5.08. The molecule has 0 saturated heterocycles. The zero-order valence-corrected chi connectivity index (χ0v) is 11.6. The maximum atomic E-state index is 11.9.